The van der Waals surface area contributed by atoms with Gasteiger partial charge >= 0.3 is 0 Å². The third-order valence-corrected chi connectivity index (χ3v) is 2.46. The van der Waals surface area contributed by atoms with Crippen LogP contribution >= 0.6 is 0 Å². The van der Waals surface area contributed by atoms with Crippen molar-refractivity contribution in [2.45, 2.75) is 25.6 Å². The van der Waals surface area contributed by atoms with E-state index in [0.29, 0.717) is 0 Å². The number of ether oxygens (including phenoxy) is 1. The van der Waals surface area contributed by atoms with Crippen LogP contribution in [0.5, 0.6) is 0 Å². The molecule has 0 saturated carbocycles. The quantitative estimate of drug-likeness (QED) is 0.613. The van der Waals surface area contributed by atoms with Crippen molar-refractivity contribution >= 4 is 6.29 Å². The normalized spacial score (nSPS) is 24.0. The first-order valence-electron chi connectivity index (χ1n) is 4.37. The van der Waals surface area contributed by atoms with Crippen molar-refractivity contribution in [2.75, 3.05) is 0 Å². The van der Waals surface area contributed by atoms with Crippen molar-refractivity contribution in [1.29, 1.82) is 0 Å². The van der Waals surface area contributed by atoms with E-state index in [9.17, 15) is 4.79 Å². The highest BCUT2D eigenvalue weighted by molar-refractivity contribution is 5.63. The van der Waals surface area contributed by atoms with Crippen LogP contribution in [0.2, 0.25) is 0 Å². The largest absolute Gasteiger partial charge is 0.355 e. The van der Waals surface area contributed by atoms with Crippen molar-refractivity contribution < 1.29 is 9.53 Å². The standard InChI is InChI=1S/C11H12O2/c1-11(2)9-6-4-3-5-8(9)10(7-12)13-11/h3-7,10H,1-2H3. The van der Waals surface area contributed by atoms with Crippen LogP contribution in [0.15, 0.2) is 24.3 Å². The Morgan fingerprint density at radius 2 is 2.08 bits per heavy atom. The molecule has 0 aliphatic carbocycles. The average molecular weight is 176 g/mol. The molecule has 0 aromatic heterocycles. The van der Waals surface area contributed by atoms with Crippen LogP contribution in [-0.2, 0) is 15.1 Å². The summed E-state index contributed by atoms with van der Waals surface area (Å²) in [6, 6.07) is 7.86. The molecule has 0 spiro atoms. The van der Waals surface area contributed by atoms with Gasteiger partial charge in [0.25, 0.3) is 0 Å². The van der Waals surface area contributed by atoms with E-state index in [1.54, 1.807) is 0 Å². The van der Waals surface area contributed by atoms with Gasteiger partial charge in [-0.05, 0) is 25.0 Å². The Balaban J connectivity index is 2.56. The number of aldehydes is 1. The Kier molecular flexibility index (Phi) is 1.74. The average Bonchev–Trinajstić information content (AvgIpc) is 2.39. The minimum absolute atomic E-state index is 0.331. The fraction of sp³-hybridized carbons (Fsp3) is 0.364. The highest BCUT2D eigenvalue weighted by atomic mass is 16.5. The highest BCUT2D eigenvalue weighted by Gasteiger charge is 2.36. The van der Waals surface area contributed by atoms with E-state index in [1.165, 1.54) is 0 Å². The summed E-state index contributed by atoms with van der Waals surface area (Å²) >= 11 is 0. The summed E-state index contributed by atoms with van der Waals surface area (Å²) in [4.78, 5) is 10.7. The van der Waals surface area contributed by atoms with Gasteiger partial charge in [0.1, 0.15) is 6.10 Å². The molecule has 1 heterocycles. The number of fused-ring (bicyclic) bond motifs is 1. The highest BCUT2D eigenvalue weighted by Crippen LogP contribution is 2.41. The van der Waals surface area contributed by atoms with Crippen molar-refractivity contribution in [1.82, 2.24) is 0 Å². The fourth-order valence-electron chi connectivity index (χ4n) is 1.84. The molecule has 2 rings (SSSR count). The molecule has 0 amide bonds. The number of carbonyl (C=O) groups is 1. The lowest BCUT2D eigenvalue weighted by Crippen LogP contribution is -2.15. The van der Waals surface area contributed by atoms with E-state index in [4.69, 9.17) is 4.74 Å². The van der Waals surface area contributed by atoms with Gasteiger partial charge in [0, 0.05) is 0 Å². The Morgan fingerprint density at radius 1 is 1.38 bits per heavy atom. The fourth-order valence-corrected chi connectivity index (χ4v) is 1.84. The minimum atomic E-state index is -0.383. The number of benzene rings is 1. The van der Waals surface area contributed by atoms with E-state index in [0.717, 1.165) is 17.4 Å². The van der Waals surface area contributed by atoms with Gasteiger partial charge in [-0.25, -0.2) is 0 Å². The van der Waals surface area contributed by atoms with Crippen LogP contribution in [-0.4, -0.2) is 6.29 Å². The molecule has 0 fully saturated rings. The second-order valence-corrected chi connectivity index (χ2v) is 3.77. The van der Waals surface area contributed by atoms with Crippen LogP contribution in [0, 0.1) is 0 Å². The molecule has 0 N–H and O–H groups in total. The maximum atomic E-state index is 10.7. The first-order chi connectivity index (χ1) is 6.15. The van der Waals surface area contributed by atoms with E-state index < -0.39 is 0 Å². The number of hydrogen-bond donors (Lipinski definition) is 0. The van der Waals surface area contributed by atoms with E-state index in [2.05, 4.69) is 0 Å². The molecular weight excluding hydrogens is 164 g/mol. The third kappa shape index (κ3) is 1.18. The molecule has 0 saturated heterocycles. The van der Waals surface area contributed by atoms with Crippen LogP contribution < -0.4 is 0 Å². The first-order valence-corrected chi connectivity index (χ1v) is 4.37. The Bertz CT molecular complexity index is 342. The van der Waals surface area contributed by atoms with Crippen molar-refractivity contribution in [3.05, 3.63) is 35.4 Å². The summed E-state index contributed by atoms with van der Waals surface area (Å²) in [5, 5.41) is 0. The summed E-state index contributed by atoms with van der Waals surface area (Å²) in [5.74, 6) is 0. The maximum absolute atomic E-state index is 10.7. The van der Waals surface area contributed by atoms with Gasteiger partial charge in [-0.15, -0.1) is 0 Å². The first kappa shape index (κ1) is 8.45. The van der Waals surface area contributed by atoms with Gasteiger partial charge in [-0.2, -0.15) is 0 Å². The summed E-state index contributed by atoms with van der Waals surface area (Å²) in [7, 11) is 0. The lowest BCUT2D eigenvalue weighted by Gasteiger charge is -2.18. The Morgan fingerprint density at radius 3 is 2.77 bits per heavy atom. The second-order valence-electron chi connectivity index (χ2n) is 3.77. The second kappa shape index (κ2) is 2.67. The lowest BCUT2D eigenvalue weighted by atomic mass is 9.95. The van der Waals surface area contributed by atoms with Crippen molar-refractivity contribution in [2.24, 2.45) is 0 Å². The smallest absolute Gasteiger partial charge is 0.153 e. The predicted octanol–water partition coefficient (Wildman–Crippen LogP) is 2.19. The molecular formula is C11H12O2. The topological polar surface area (TPSA) is 26.3 Å². The molecule has 2 nitrogen and oxygen atoms in total. The molecule has 2 heteroatoms. The van der Waals surface area contributed by atoms with E-state index in [-0.39, 0.29) is 11.7 Å². The van der Waals surface area contributed by atoms with Crippen LogP contribution in [0.25, 0.3) is 0 Å². The van der Waals surface area contributed by atoms with Gasteiger partial charge in [0.05, 0.1) is 5.60 Å². The van der Waals surface area contributed by atoms with Gasteiger partial charge < -0.3 is 9.53 Å². The lowest BCUT2D eigenvalue weighted by molar-refractivity contribution is -0.126. The molecule has 0 radical (unpaired) electrons. The van der Waals surface area contributed by atoms with E-state index >= 15 is 0 Å². The molecule has 0 bridgehead atoms. The molecule has 1 aromatic carbocycles. The molecule has 1 aromatic rings. The predicted molar refractivity (Wildman–Crippen MR) is 49.4 cm³/mol. The van der Waals surface area contributed by atoms with Gasteiger partial charge in [-0.3, -0.25) is 0 Å². The zero-order chi connectivity index (χ0) is 9.47. The third-order valence-electron chi connectivity index (χ3n) is 2.46. The minimum Gasteiger partial charge on any atom is -0.355 e. The summed E-state index contributed by atoms with van der Waals surface area (Å²) in [5.41, 5.74) is 1.79. The number of hydrogen-bond acceptors (Lipinski definition) is 2. The van der Waals surface area contributed by atoms with E-state index in [1.807, 2.05) is 38.1 Å². The van der Waals surface area contributed by atoms with Crippen LogP contribution in [0.3, 0.4) is 0 Å². The maximum Gasteiger partial charge on any atom is 0.153 e. The molecule has 1 atom stereocenters. The van der Waals surface area contributed by atoms with Crippen LogP contribution in [0.1, 0.15) is 31.1 Å². The van der Waals surface area contributed by atoms with Gasteiger partial charge in [0.15, 0.2) is 6.29 Å². The van der Waals surface area contributed by atoms with Crippen molar-refractivity contribution in [3.63, 3.8) is 0 Å². The summed E-state index contributed by atoms with van der Waals surface area (Å²) in [6.07, 6.45) is 0.472. The molecule has 68 valence electrons. The Hall–Kier alpha value is -1.15. The monoisotopic (exact) mass is 176 g/mol. The molecule has 1 unspecified atom stereocenters. The molecule has 1 aliphatic heterocycles. The SMILES string of the molecule is CC1(C)OC(C=O)c2ccccc21. The van der Waals surface area contributed by atoms with Crippen LogP contribution in [0.4, 0.5) is 0 Å². The Labute approximate surface area is 77.5 Å². The summed E-state index contributed by atoms with van der Waals surface area (Å²) in [6.45, 7) is 3.96. The molecule has 13 heavy (non-hydrogen) atoms. The zero-order valence-electron chi connectivity index (χ0n) is 7.78. The number of rotatable bonds is 1. The number of carbonyl (C=O) groups excluding carboxylic acids is 1. The van der Waals surface area contributed by atoms with Gasteiger partial charge in [-0.1, -0.05) is 24.3 Å². The van der Waals surface area contributed by atoms with Crippen molar-refractivity contribution in [3.8, 4) is 0 Å². The zero-order valence-corrected chi connectivity index (χ0v) is 7.78. The molecule has 1 aliphatic rings. The van der Waals surface area contributed by atoms with Gasteiger partial charge in [0.2, 0.25) is 0 Å². The summed E-state index contributed by atoms with van der Waals surface area (Å²) < 4.78 is 5.60.